The van der Waals surface area contributed by atoms with Crippen LogP contribution in [0.5, 0.6) is 0 Å². The first-order valence-corrected chi connectivity index (χ1v) is 6.45. The molecule has 0 bridgehead atoms. The SMILES string of the molecule is C=C(Nc1cn[nH]c1C(=C)/C=C\C=C/C)NC1CC1. The van der Waals surface area contributed by atoms with Gasteiger partial charge in [0.1, 0.15) is 0 Å². The first-order valence-electron chi connectivity index (χ1n) is 6.45. The highest BCUT2D eigenvalue weighted by Gasteiger charge is 2.21. The van der Waals surface area contributed by atoms with Gasteiger partial charge in [0.2, 0.25) is 0 Å². The molecular weight excluding hydrogens is 236 g/mol. The number of nitrogens with one attached hydrogen (secondary N) is 3. The van der Waals surface area contributed by atoms with Gasteiger partial charge in [-0.1, -0.05) is 37.5 Å². The molecule has 19 heavy (non-hydrogen) atoms. The third-order valence-corrected chi connectivity index (χ3v) is 2.80. The smallest absolute Gasteiger partial charge is 0.0960 e. The van der Waals surface area contributed by atoms with Crippen LogP contribution in [0.15, 0.2) is 49.5 Å². The maximum atomic E-state index is 4.05. The largest absolute Gasteiger partial charge is 0.369 e. The van der Waals surface area contributed by atoms with Crippen molar-refractivity contribution in [3.05, 3.63) is 55.2 Å². The molecule has 4 nitrogen and oxygen atoms in total. The fourth-order valence-corrected chi connectivity index (χ4v) is 1.66. The number of hydrogen-bond acceptors (Lipinski definition) is 3. The molecule has 0 spiro atoms. The van der Waals surface area contributed by atoms with Crippen molar-refractivity contribution in [1.29, 1.82) is 0 Å². The van der Waals surface area contributed by atoms with Gasteiger partial charge in [-0.3, -0.25) is 5.10 Å². The Labute approximate surface area is 114 Å². The zero-order valence-corrected chi connectivity index (χ0v) is 11.2. The van der Waals surface area contributed by atoms with Gasteiger partial charge in [-0.15, -0.1) is 0 Å². The standard InChI is InChI=1S/C15H20N4/c1-4-5-6-7-11(2)15-14(10-16-19-15)18-12(3)17-13-8-9-13/h4-7,10,13,17-18H,2-3,8-9H2,1H3,(H,16,19)/b5-4-,7-6-. The molecule has 100 valence electrons. The summed E-state index contributed by atoms with van der Waals surface area (Å²) in [5, 5.41) is 13.5. The van der Waals surface area contributed by atoms with E-state index in [0.29, 0.717) is 6.04 Å². The maximum Gasteiger partial charge on any atom is 0.0960 e. The van der Waals surface area contributed by atoms with Crippen LogP contribution in [0, 0.1) is 0 Å². The van der Waals surface area contributed by atoms with E-state index in [1.54, 1.807) is 6.20 Å². The molecule has 2 rings (SSSR count). The minimum absolute atomic E-state index is 0.577. The quantitative estimate of drug-likeness (QED) is 0.657. The molecule has 1 aromatic heterocycles. The van der Waals surface area contributed by atoms with Gasteiger partial charge in [0.25, 0.3) is 0 Å². The number of rotatable bonds is 7. The monoisotopic (exact) mass is 256 g/mol. The summed E-state index contributed by atoms with van der Waals surface area (Å²) < 4.78 is 0. The molecule has 1 saturated carbocycles. The van der Waals surface area contributed by atoms with Crippen molar-refractivity contribution in [2.24, 2.45) is 0 Å². The van der Waals surface area contributed by atoms with E-state index >= 15 is 0 Å². The lowest BCUT2D eigenvalue weighted by atomic mass is 10.2. The number of aromatic amines is 1. The second kappa shape index (κ2) is 6.09. The number of hydrogen-bond donors (Lipinski definition) is 3. The highest BCUT2D eigenvalue weighted by molar-refractivity contribution is 5.78. The maximum absolute atomic E-state index is 4.05. The van der Waals surface area contributed by atoms with Crippen molar-refractivity contribution in [2.75, 3.05) is 5.32 Å². The summed E-state index contributed by atoms with van der Waals surface area (Å²) in [4.78, 5) is 0. The summed E-state index contributed by atoms with van der Waals surface area (Å²) in [5.74, 6) is 0.801. The summed E-state index contributed by atoms with van der Waals surface area (Å²) in [6.07, 6.45) is 12.0. The molecule has 0 atom stereocenters. The molecule has 0 radical (unpaired) electrons. The Morgan fingerprint density at radius 2 is 2.21 bits per heavy atom. The summed E-state index contributed by atoms with van der Waals surface area (Å²) in [5.41, 5.74) is 2.63. The van der Waals surface area contributed by atoms with E-state index in [0.717, 1.165) is 22.8 Å². The predicted molar refractivity (Wildman–Crippen MR) is 80.5 cm³/mol. The zero-order valence-electron chi connectivity index (χ0n) is 11.2. The van der Waals surface area contributed by atoms with E-state index in [1.807, 2.05) is 31.2 Å². The molecule has 1 aromatic rings. The van der Waals surface area contributed by atoms with Crippen LogP contribution >= 0.6 is 0 Å². The van der Waals surface area contributed by atoms with E-state index in [9.17, 15) is 0 Å². The van der Waals surface area contributed by atoms with E-state index in [2.05, 4.69) is 34.0 Å². The van der Waals surface area contributed by atoms with Crippen LogP contribution in [0.1, 0.15) is 25.5 Å². The van der Waals surface area contributed by atoms with Crippen LogP contribution in [-0.2, 0) is 0 Å². The molecule has 0 aliphatic heterocycles. The fraction of sp³-hybridized carbons (Fsp3) is 0.267. The second-order valence-electron chi connectivity index (χ2n) is 4.59. The third kappa shape index (κ3) is 3.88. The summed E-state index contributed by atoms with van der Waals surface area (Å²) in [7, 11) is 0. The second-order valence-corrected chi connectivity index (χ2v) is 4.59. The van der Waals surface area contributed by atoms with Crippen molar-refractivity contribution in [1.82, 2.24) is 15.5 Å². The molecule has 0 saturated heterocycles. The highest BCUT2D eigenvalue weighted by atomic mass is 15.2. The Balaban J connectivity index is 1.99. The van der Waals surface area contributed by atoms with Gasteiger partial charge in [-0.25, -0.2) is 0 Å². The van der Waals surface area contributed by atoms with E-state index in [4.69, 9.17) is 0 Å². The first-order chi connectivity index (χ1) is 9.20. The van der Waals surface area contributed by atoms with Gasteiger partial charge in [0, 0.05) is 6.04 Å². The van der Waals surface area contributed by atoms with Crippen molar-refractivity contribution >= 4 is 11.3 Å². The van der Waals surface area contributed by atoms with Gasteiger partial charge in [0.05, 0.1) is 23.4 Å². The average molecular weight is 256 g/mol. The van der Waals surface area contributed by atoms with Crippen LogP contribution in [0.3, 0.4) is 0 Å². The molecule has 1 aliphatic carbocycles. The molecule has 0 amide bonds. The summed E-state index contributed by atoms with van der Waals surface area (Å²) >= 11 is 0. The normalized spacial score (nSPS) is 15.0. The van der Waals surface area contributed by atoms with Gasteiger partial charge in [-0.2, -0.15) is 5.10 Å². The Bertz CT molecular complexity index is 518. The number of allylic oxidation sites excluding steroid dienone is 5. The zero-order chi connectivity index (χ0) is 13.7. The minimum atomic E-state index is 0.577. The van der Waals surface area contributed by atoms with Crippen LogP contribution in [0.4, 0.5) is 5.69 Å². The van der Waals surface area contributed by atoms with Gasteiger partial charge < -0.3 is 10.6 Å². The van der Waals surface area contributed by atoms with Crippen LogP contribution in [-0.4, -0.2) is 16.2 Å². The van der Waals surface area contributed by atoms with Crippen LogP contribution in [0.25, 0.3) is 5.57 Å². The van der Waals surface area contributed by atoms with E-state index in [1.165, 1.54) is 12.8 Å². The van der Waals surface area contributed by atoms with E-state index in [-0.39, 0.29) is 0 Å². The molecule has 1 aliphatic rings. The molecule has 0 aromatic carbocycles. The number of aromatic nitrogens is 2. The fourth-order valence-electron chi connectivity index (χ4n) is 1.66. The van der Waals surface area contributed by atoms with Crippen molar-refractivity contribution in [3.63, 3.8) is 0 Å². The molecule has 4 heteroatoms. The molecule has 3 N–H and O–H groups in total. The minimum Gasteiger partial charge on any atom is -0.369 e. The molecular formula is C15H20N4. The Morgan fingerprint density at radius 1 is 1.42 bits per heavy atom. The number of anilines is 1. The Hall–Kier alpha value is -2.23. The third-order valence-electron chi connectivity index (χ3n) is 2.80. The van der Waals surface area contributed by atoms with Gasteiger partial charge >= 0.3 is 0 Å². The molecule has 0 unspecified atom stereocenters. The Kier molecular flexibility index (Phi) is 4.23. The van der Waals surface area contributed by atoms with Gasteiger partial charge in [-0.05, 0) is 25.3 Å². The van der Waals surface area contributed by atoms with Crippen molar-refractivity contribution in [2.45, 2.75) is 25.8 Å². The van der Waals surface area contributed by atoms with Crippen molar-refractivity contribution in [3.8, 4) is 0 Å². The lowest BCUT2D eigenvalue weighted by Crippen LogP contribution is -2.20. The summed E-state index contributed by atoms with van der Waals surface area (Å²) in [6.45, 7) is 9.97. The Morgan fingerprint density at radius 3 is 2.89 bits per heavy atom. The number of nitrogens with zero attached hydrogens (tertiary/aromatic N) is 1. The highest BCUT2D eigenvalue weighted by Crippen LogP contribution is 2.23. The summed E-state index contributed by atoms with van der Waals surface area (Å²) in [6, 6.07) is 0.577. The first kappa shape index (κ1) is 13.2. The lowest BCUT2D eigenvalue weighted by Gasteiger charge is -2.11. The van der Waals surface area contributed by atoms with E-state index < -0.39 is 0 Å². The lowest BCUT2D eigenvalue weighted by molar-refractivity contribution is 0.813. The topological polar surface area (TPSA) is 52.7 Å². The number of H-pyrrole nitrogens is 1. The van der Waals surface area contributed by atoms with Crippen molar-refractivity contribution < 1.29 is 0 Å². The van der Waals surface area contributed by atoms with Crippen LogP contribution < -0.4 is 10.6 Å². The molecule has 1 fully saturated rings. The van der Waals surface area contributed by atoms with Gasteiger partial charge in [0.15, 0.2) is 0 Å². The predicted octanol–water partition coefficient (Wildman–Crippen LogP) is 3.19. The van der Waals surface area contributed by atoms with Crippen LogP contribution in [0.2, 0.25) is 0 Å². The molecule has 1 heterocycles. The average Bonchev–Trinajstić information content (AvgIpc) is 3.06.